The number of aliphatic hydroxyl groups is 1. The number of unbranched alkanes of at least 4 members (excludes halogenated alkanes) is 30. The summed E-state index contributed by atoms with van der Waals surface area (Å²) >= 11 is 0. The van der Waals surface area contributed by atoms with Crippen molar-refractivity contribution in [3.8, 4) is 0 Å². The van der Waals surface area contributed by atoms with Gasteiger partial charge in [0.05, 0.1) is 26.4 Å². The maximum atomic E-state index is 13.1. The van der Waals surface area contributed by atoms with Gasteiger partial charge in [-0.3, -0.25) is 37.3 Å². The summed E-state index contributed by atoms with van der Waals surface area (Å²) in [6.45, 7) is 4.59. The van der Waals surface area contributed by atoms with E-state index in [0.717, 1.165) is 199 Å². The summed E-state index contributed by atoms with van der Waals surface area (Å²) in [6.07, 6.45) is 84.5. The lowest BCUT2D eigenvalue weighted by atomic mass is 10.1. The summed E-state index contributed by atoms with van der Waals surface area (Å²) < 4.78 is 68.6. The Morgan fingerprint density at radius 1 is 0.279 bits per heavy atom. The molecule has 0 aliphatic heterocycles. The Bertz CT molecular complexity index is 2440. The molecule has 0 saturated heterocycles. The van der Waals surface area contributed by atoms with Crippen LogP contribution in [-0.2, 0) is 65.4 Å². The third-order valence-electron chi connectivity index (χ3n) is 16.9. The lowest BCUT2D eigenvalue weighted by Gasteiger charge is -2.21. The minimum Gasteiger partial charge on any atom is -0.462 e. The molecule has 598 valence electrons. The van der Waals surface area contributed by atoms with Gasteiger partial charge in [0.2, 0.25) is 0 Å². The number of esters is 4. The van der Waals surface area contributed by atoms with Gasteiger partial charge in [0, 0.05) is 25.7 Å². The highest BCUT2D eigenvalue weighted by Crippen LogP contribution is 2.45. The molecule has 0 aliphatic carbocycles. The fraction of sp³-hybridized carbons (Fsp3) is 0.718. The first-order chi connectivity index (χ1) is 50.7. The zero-order valence-electron chi connectivity index (χ0n) is 65.4. The van der Waals surface area contributed by atoms with Crippen LogP contribution in [0, 0.1) is 0 Å². The first-order valence-corrected chi connectivity index (χ1v) is 43.8. The van der Waals surface area contributed by atoms with E-state index in [4.69, 9.17) is 37.0 Å². The van der Waals surface area contributed by atoms with Crippen molar-refractivity contribution in [2.75, 3.05) is 39.6 Å². The molecule has 0 fully saturated rings. The third kappa shape index (κ3) is 75.7. The summed E-state index contributed by atoms with van der Waals surface area (Å²) in [5.41, 5.74) is 0. The number of carbonyl (C=O) groups is 4. The lowest BCUT2D eigenvalue weighted by molar-refractivity contribution is -0.161. The molecule has 0 amide bonds. The molecule has 0 radical (unpaired) electrons. The highest BCUT2D eigenvalue weighted by molar-refractivity contribution is 7.47. The van der Waals surface area contributed by atoms with Crippen molar-refractivity contribution in [1.82, 2.24) is 0 Å². The van der Waals surface area contributed by atoms with Gasteiger partial charge in [-0.05, 0) is 154 Å². The molecule has 3 N–H and O–H groups in total. The maximum absolute atomic E-state index is 13.1. The second kappa shape index (κ2) is 76.6. The lowest BCUT2D eigenvalue weighted by Crippen LogP contribution is -2.30. The number of aliphatic hydroxyl groups excluding tert-OH is 1. The van der Waals surface area contributed by atoms with Gasteiger partial charge in [0.25, 0.3) is 0 Å². The largest absolute Gasteiger partial charge is 0.472 e. The number of phosphoric ester groups is 2. The Labute approximate surface area is 632 Å². The van der Waals surface area contributed by atoms with Gasteiger partial charge in [-0.15, -0.1) is 0 Å². The molecule has 104 heavy (non-hydrogen) atoms. The number of ether oxygens (including phenoxy) is 4. The van der Waals surface area contributed by atoms with Crippen LogP contribution in [0.4, 0.5) is 0 Å². The smallest absolute Gasteiger partial charge is 0.462 e. The normalized spacial score (nSPS) is 14.5. The van der Waals surface area contributed by atoms with Gasteiger partial charge in [-0.25, -0.2) is 9.13 Å². The zero-order chi connectivity index (χ0) is 76.0. The van der Waals surface area contributed by atoms with Crippen molar-refractivity contribution in [3.63, 3.8) is 0 Å². The van der Waals surface area contributed by atoms with Crippen LogP contribution in [0.3, 0.4) is 0 Å². The van der Waals surface area contributed by atoms with E-state index in [0.29, 0.717) is 25.7 Å². The van der Waals surface area contributed by atoms with Crippen molar-refractivity contribution in [3.05, 3.63) is 122 Å². The highest BCUT2D eigenvalue weighted by Gasteiger charge is 2.30. The molecule has 0 spiro atoms. The molecule has 0 aliphatic rings. The average molecular weight is 1500 g/mol. The van der Waals surface area contributed by atoms with E-state index in [1.807, 2.05) is 0 Å². The SMILES string of the molecule is CC/C=C\C/C=C\C/C=C\CCCCCCCC(=O)OCC(COP(=O)(O)OCC(O)COP(=O)(O)OCC(COC(=O)CCCCCCCC/C=C\C/C=C\C/C=C\CCCCC)OC(=O)CCCCCCC/C=C\CCCCCCCC)OC(=O)CCCCCCC/C=C\C/C=C\C/C=C\CC. The van der Waals surface area contributed by atoms with E-state index in [2.05, 4.69) is 149 Å². The Hall–Kier alpha value is -4.54. The third-order valence-corrected chi connectivity index (χ3v) is 18.8. The Morgan fingerprint density at radius 2 is 0.500 bits per heavy atom. The van der Waals surface area contributed by atoms with E-state index < -0.39 is 97.5 Å². The van der Waals surface area contributed by atoms with Gasteiger partial charge < -0.3 is 33.8 Å². The topological polar surface area (TPSA) is 237 Å². The van der Waals surface area contributed by atoms with Crippen molar-refractivity contribution in [1.29, 1.82) is 0 Å². The molecule has 0 aromatic rings. The number of carbonyl (C=O) groups excluding carboxylic acids is 4. The summed E-state index contributed by atoms with van der Waals surface area (Å²) in [7, 11) is -9.98. The molecule has 0 aromatic carbocycles. The molecule has 0 heterocycles. The summed E-state index contributed by atoms with van der Waals surface area (Å²) in [5.74, 6) is -2.23. The molecule has 0 rings (SSSR count). The van der Waals surface area contributed by atoms with E-state index >= 15 is 0 Å². The quantitative estimate of drug-likeness (QED) is 0.0169. The first kappa shape index (κ1) is 99.5. The van der Waals surface area contributed by atoms with Crippen molar-refractivity contribution >= 4 is 39.5 Å². The van der Waals surface area contributed by atoms with Gasteiger partial charge in [0.15, 0.2) is 12.2 Å². The van der Waals surface area contributed by atoms with Crippen LogP contribution in [0.5, 0.6) is 0 Å². The summed E-state index contributed by atoms with van der Waals surface area (Å²) in [5, 5.41) is 10.6. The van der Waals surface area contributed by atoms with Crippen molar-refractivity contribution in [2.24, 2.45) is 0 Å². The van der Waals surface area contributed by atoms with Gasteiger partial charge >= 0.3 is 39.5 Å². The molecular weight excluding hydrogens is 1350 g/mol. The molecule has 5 atom stereocenters. The molecule has 0 saturated carbocycles. The Morgan fingerprint density at radius 3 is 0.798 bits per heavy atom. The van der Waals surface area contributed by atoms with Gasteiger partial charge in [-0.2, -0.15) is 0 Å². The van der Waals surface area contributed by atoms with E-state index in [1.54, 1.807) is 0 Å². The highest BCUT2D eigenvalue weighted by atomic mass is 31.2. The number of phosphoric acid groups is 2. The van der Waals surface area contributed by atoms with Crippen LogP contribution in [0.15, 0.2) is 122 Å². The molecule has 0 aromatic heterocycles. The molecule has 17 nitrogen and oxygen atoms in total. The Balaban J connectivity index is 5.39. The van der Waals surface area contributed by atoms with Crippen LogP contribution >= 0.6 is 15.6 Å². The standard InChI is InChI=1S/C85H146O17P2/c1-5-9-13-17-21-25-29-33-37-38-39-40-44-46-50-54-58-62-66-70-83(88)96-76-81(102-85(90)72-68-64-60-56-52-48-43-36-32-28-24-20-16-12-8-4)78-100-104(93,94)98-74-79(86)73-97-103(91,92)99-77-80(101-84(89)71-67-63-59-55-51-47-42-35-31-27-23-19-15-11-7-3)75-95-82(87)69-65-61-57-53-49-45-41-34-30-26-22-18-14-10-6-2/h10-11,14-15,21-23,25-27,33-37,39-43,79-81,86H,5-9,12-13,16-20,24,28-32,38,44-78H2,1-4H3,(H,91,92)(H,93,94)/b14-10-,15-11-,25-21-,26-22-,27-23-,37-33-,40-39-,41-34-,42-35-,43-36-. The predicted octanol–water partition coefficient (Wildman–Crippen LogP) is 23.9. The minimum absolute atomic E-state index is 0.0692. The number of hydrogen-bond acceptors (Lipinski definition) is 15. The van der Waals surface area contributed by atoms with Crippen LogP contribution in [0.25, 0.3) is 0 Å². The zero-order valence-corrected chi connectivity index (χ0v) is 67.2. The number of hydrogen-bond donors (Lipinski definition) is 3. The second-order valence-electron chi connectivity index (χ2n) is 26.9. The summed E-state index contributed by atoms with van der Waals surface area (Å²) in [6, 6.07) is 0. The average Bonchev–Trinajstić information content (AvgIpc) is 0.912. The van der Waals surface area contributed by atoms with Crippen molar-refractivity contribution < 1.29 is 80.2 Å². The maximum Gasteiger partial charge on any atom is 0.472 e. The number of allylic oxidation sites excluding steroid dienone is 20. The van der Waals surface area contributed by atoms with Crippen LogP contribution in [-0.4, -0.2) is 96.7 Å². The van der Waals surface area contributed by atoms with Crippen LogP contribution < -0.4 is 0 Å². The van der Waals surface area contributed by atoms with Crippen LogP contribution in [0.2, 0.25) is 0 Å². The monoisotopic (exact) mass is 1500 g/mol. The molecule has 5 unspecified atom stereocenters. The van der Waals surface area contributed by atoms with Crippen LogP contribution in [0.1, 0.15) is 336 Å². The van der Waals surface area contributed by atoms with Gasteiger partial charge in [-0.1, -0.05) is 278 Å². The predicted molar refractivity (Wildman–Crippen MR) is 427 cm³/mol. The van der Waals surface area contributed by atoms with E-state index in [1.165, 1.54) is 57.8 Å². The second-order valence-corrected chi connectivity index (χ2v) is 29.8. The summed E-state index contributed by atoms with van der Waals surface area (Å²) in [4.78, 5) is 73.1. The van der Waals surface area contributed by atoms with E-state index in [9.17, 15) is 43.2 Å². The fourth-order valence-corrected chi connectivity index (χ4v) is 12.3. The van der Waals surface area contributed by atoms with Gasteiger partial charge in [0.1, 0.15) is 19.3 Å². The molecule has 0 bridgehead atoms. The van der Waals surface area contributed by atoms with E-state index in [-0.39, 0.29) is 25.7 Å². The molecule has 19 heteroatoms. The Kier molecular flexibility index (Phi) is 73.3. The first-order valence-electron chi connectivity index (χ1n) is 40.8. The fourth-order valence-electron chi connectivity index (χ4n) is 10.7. The van der Waals surface area contributed by atoms with Crippen molar-refractivity contribution in [2.45, 2.75) is 354 Å². The molecular formula is C85H146O17P2. The minimum atomic E-state index is -4.99. The number of rotatable bonds is 76.